The molecule has 0 saturated carbocycles. The third-order valence-electron chi connectivity index (χ3n) is 3.11. The first-order valence-corrected chi connectivity index (χ1v) is 15.6. The molecule has 0 aromatic carbocycles. The zero-order valence-corrected chi connectivity index (χ0v) is 13.5. The molecule has 0 aromatic rings. The van der Waals surface area contributed by atoms with Gasteiger partial charge in [-0.3, -0.25) is 0 Å². The van der Waals surface area contributed by atoms with Gasteiger partial charge in [0, 0.05) is 0 Å². The second-order valence-electron chi connectivity index (χ2n) is 5.65. The van der Waals surface area contributed by atoms with Crippen LogP contribution in [0.5, 0.6) is 0 Å². The first kappa shape index (κ1) is 13.1. The van der Waals surface area contributed by atoms with E-state index in [1.54, 1.807) is 6.92 Å². The van der Waals surface area contributed by atoms with Gasteiger partial charge in [-0.25, -0.2) is 0 Å². The molecular formula is C12H22O2Sn. The average Bonchev–Trinajstić information content (AvgIpc) is 2.06. The van der Waals surface area contributed by atoms with Gasteiger partial charge < -0.3 is 0 Å². The van der Waals surface area contributed by atoms with E-state index in [-0.39, 0.29) is 11.9 Å². The summed E-state index contributed by atoms with van der Waals surface area (Å²) >= 11 is -2.15. The fourth-order valence-corrected chi connectivity index (χ4v) is 5.38. The van der Waals surface area contributed by atoms with Gasteiger partial charge in [0.25, 0.3) is 0 Å². The van der Waals surface area contributed by atoms with Crippen molar-refractivity contribution in [1.29, 1.82) is 0 Å². The molecule has 3 heteroatoms. The molecule has 1 heterocycles. The quantitative estimate of drug-likeness (QED) is 0.732. The van der Waals surface area contributed by atoms with E-state index in [1.807, 2.05) is 0 Å². The monoisotopic (exact) mass is 318 g/mol. The van der Waals surface area contributed by atoms with Crippen molar-refractivity contribution in [3.8, 4) is 0 Å². The van der Waals surface area contributed by atoms with Crippen molar-refractivity contribution < 1.29 is 9.53 Å². The van der Waals surface area contributed by atoms with Crippen LogP contribution in [0.3, 0.4) is 0 Å². The molecule has 0 bridgehead atoms. The van der Waals surface area contributed by atoms with Gasteiger partial charge in [-0.1, -0.05) is 0 Å². The molecule has 0 aromatic heterocycles. The van der Waals surface area contributed by atoms with E-state index in [9.17, 15) is 4.79 Å². The second kappa shape index (κ2) is 4.48. The van der Waals surface area contributed by atoms with Crippen LogP contribution in [0.1, 0.15) is 20.8 Å². The van der Waals surface area contributed by atoms with Gasteiger partial charge in [-0.2, -0.15) is 0 Å². The molecule has 15 heavy (non-hydrogen) atoms. The van der Waals surface area contributed by atoms with E-state index in [0.717, 1.165) is 3.78 Å². The summed E-state index contributed by atoms with van der Waals surface area (Å²) in [5.74, 6) is 0.925. The summed E-state index contributed by atoms with van der Waals surface area (Å²) in [4.78, 5) is 18.5. The van der Waals surface area contributed by atoms with Gasteiger partial charge in [0.2, 0.25) is 0 Å². The van der Waals surface area contributed by atoms with Crippen LogP contribution in [0, 0.1) is 11.8 Å². The molecule has 3 atom stereocenters. The number of rotatable bonds is 2. The van der Waals surface area contributed by atoms with Crippen LogP contribution in [-0.4, -0.2) is 30.3 Å². The normalized spacial score (nSPS) is 31.9. The summed E-state index contributed by atoms with van der Waals surface area (Å²) in [6.07, 6.45) is 2.04. The summed E-state index contributed by atoms with van der Waals surface area (Å²) in [5, 5.41) is 0. The maximum absolute atomic E-state index is 11.5. The molecule has 0 aliphatic carbocycles. The minimum atomic E-state index is -2.15. The molecular weight excluding hydrogens is 295 g/mol. The van der Waals surface area contributed by atoms with Gasteiger partial charge in [-0.15, -0.1) is 0 Å². The predicted octanol–water partition coefficient (Wildman–Crippen LogP) is 3.01. The molecule has 0 spiro atoms. The third-order valence-corrected chi connectivity index (χ3v) is 8.15. The Morgan fingerprint density at radius 1 is 1.33 bits per heavy atom. The first-order chi connectivity index (χ1) is 6.73. The topological polar surface area (TPSA) is 26.3 Å². The minimum absolute atomic E-state index is 0.162. The summed E-state index contributed by atoms with van der Waals surface area (Å²) in [6, 6.07) is 0. The number of allylic oxidation sites excluding steroid dienone is 1. The molecule has 0 radical (unpaired) electrons. The fourth-order valence-electron chi connectivity index (χ4n) is 1.83. The Hall–Kier alpha value is 0.00870. The number of Topliss-reactive ketones (excluding diaryl/α,β-unsaturated/α-hetero) is 1. The molecule has 0 fully saturated rings. The van der Waals surface area contributed by atoms with E-state index >= 15 is 0 Å². The van der Waals surface area contributed by atoms with Crippen molar-refractivity contribution in [2.24, 2.45) is 11.8 Å². The Morgan fingerprint density at radius 2 is 1.87 bits per heavy atom. The number of ether oxygens (including phenoxy) is 1. The Kier molecular flexibility index (Phi) is 3.90. The SMILES string of the molecule is CC(=O)[C@H]1O[C]([Sn]([CH3])([CH3])[CH3])=C[C@@H](C)[C@@H]1C. The van der Waals surface area contributed by atoms with Crippen LogP contribution in [0.25, 0.3) is 0 Å². The Morgan fingerprint density at radius 3 is 2.27 bits per heavy atom. The van der Waals surface area contributed by atoms with Crippen LogP contribution >= 0.6 is 0 Å². The van der Waals surface area contributed by atoms with Gasteiger partial charge in [0.05, 0.1) is 0 Å². The van der Waals surface area contributed by atoms with Crippen molar-refractivity contribution >= 4 is 24.2 Å². The van der Waals surface area contributed by atoms with E-state index in [2.05, 4.69) is 34.7 Å². The van der Waals surface area contributed by atoms with Crippen molar-refractivity contribution in [2.45, 2.75) is 41.7 Å². The van der Waals surface area contributed by atoms with Crippen LogP contribution in [0.2, 0.25) is 14.8 Å². The molecule has 2 nitrogen and oxygen atoms in total. The standard InChI is InChI=1S/C9H13O2.3CH3.Sn/c1-6-4-5-11-9(7(6)2)8(3)10;;;;/h4,6-7,9H,1-3H3;3*1H3;/t6-,7+,9+;;;;/m1..../s1. The van der Waals surface area contributed by atoms with Crippen molar-refractivity contribution in [1.82, 2.24) is 0 Å². The molecule has 0 N–H and O–H groups in total. The van der Waals surface area contributed by atoms with Gasteiger partial charge >= 0.3 is 97.1 Å². The van der Waals surface area contributed by atoms with Gasteiger partial charge in [0.1, 0.15) is 0 Å². The number of hydrogen-bond donors (Lipinski definition) is 0. The van der Waals surface area contributed by atoms with Crippen molar-refractivity contribution in [3.63, 3.8) is 0 Å². The van der Waals surface area contributed by atoms with Crippen LogP contribution < -0.4 is 0 Å². The van der Waals surface area contributed by atoms with Crippen molar-refractivity contribution in [2.75, 3.05) is 0 Å². The summed E-state index contributed by atoms with van der Waals surface area (Å²) in [6.45, 7) is 5.91. The molecule has 1 aliphatic heterocycles. The van der Waals surface area contributed by atoms with E-state index in [4.69, 9.17) is 4.74 Å². The van der Waals surface area contributed by atoms with Crippen LogP contribution in [-0.2, 0) is 9.53 Å². The van der Waals surface area contributed by atoms with Gasteiger partial charge in [0.15, 0.2) is 0 Å². The predicted molar refractivity (Wildman–Crippen MR) is 65.3 cm³/mol. The Labute approximate surface area is 97.0 Å². The number of ketones is 1. The average molecular weight is 317 g/mol. The van der Waals surface area contributed by atoms with E-state index in [1.165, 1.54) is 0 Å². The molecule has 1 aliphatic rings. The molecule has 0 amide bonds. The summed E-state index contributed by atoms with van der Waals surface area (Å²) < 4.78 is 7.06. The van der Waals surface area contributed by atoms with E-state index < -0.39 is 18.4 Å². The van der Waals surface area contributed by atoms with Crippen LogP contribution in [0.4, 0.5) is 0 Å². The fraction of sp³-hybridized carbons (Fsp3) is 0.750. The second-order valence-corrected chi connectivity index (χ2v) is 19.9. The van der Waals surface area contributed by atoms with Crippen LogP contribution in [0.15, 0.2) is 9.85 Å². The summed E-state index contributed by atoms with van der Waals surface area (Å²) in [7, 11) is 0. The van der Waals surface area contributed by atoms with E-state index in [0.29, 0.717) is 11.8 Å². The molecule has 0 saturated heterocycles. The number of carbonyl (C=O) groups excluding carboxylic acids is 1. The summed E-state index contributed by atoms with van der Waals surface area (Å²) in [5.41, 5.74) is 0. The Balaban J connectivity index is 2.96. The molecule has 1 rings (SSSR count). The Bertz CT molecular complexity index is 288. The van der Waals surface area contributed by atoms with Gasteiger partial charge in [-0.05, 0) is 0 Å². The van der Waals surface area contributed by atoms with Crippen molar-refractivity contribution in [3.05, 3.63) is 9.85 Å². The first-order valence-electron chi connectivity index (χ1n) is 5.63. The zero-order valence-electron chi connectivity index (χ0n) is 10.6. The molecule has 86 valence electrons. The molecule has 0 unspecified atom stereocenters. The number of hydrogen-bond acceptors (Lipinski definition) is 2. The number of carbonyl (C=O) groups is 1. The zero-order chi connectivity index (χ0) is 11.8. The third kappa shape index (κ3) is 2.99. The maximum atomic E-state index is 11.5.